The summed E-state index contributed by atoms with van der Waals surface area (Å²) in [7, 11) is 1.53. The molecular weight excluding hydrogens is 350 g/mol. The molecule has 0 spiro atoms. The van der Waals surface area contributed by atoms with E-state index in [9.17, 15) is 4.79 Å². The molecule has 3 rings (SSSR count). The first-order valence-corrected chi connectivity index (χ1v) is 9.25. The number of aromatic nitrogens is 1. The van der Waals surface area contributed by atoms with Gasteiger partial charge in [0.05, 0.1) is 7.11 Å². The zero-order valence-electron chi connectivity index (χ0n) is 14.8. The van der Waals surface area contributed by atoms with Crippen molar-refractivity contribution in [3.8, 4) is 17.2 Å². The molecule has 0 fully saturated rings. The first kappa shape index (κ1) is 18.1. The molecule has 0 bridgehead atoms. The van der Waals surface area contributed by atoms with Gasteiger partial charge in [0, 0.05) is 10.5 Å². The lowest BCUT2D eigenvalue weighted by Gasteiger charge is -2.09. The van der Waals surface area contributed by atoms with Crippen LogP contribution in [0.2, 0.25) is 0 Å². The third kappa shape index (κ3) is 3.91. The summed E-state index contributed by atoms with van der Waals surface area (Å²) in [5.74, 6) is 1.17. The van der Waals surface area contributed by atoms with E-state index in [1.54, 1.807) is 24.8 Å². The average molecular weight is 369 g/mol. The van der Waals surface area contributed by atoms with Gasteiger partial charge in [0.15, 0.2) is 0 Å². The number of rotatable bonds is 6. The van der Waals surface area contributed by atoms with Crippen molar-refractivity contribution in [1.29, 1.82) is 0 Å². The summed E-state index contributed by atoms with van der Waals surface area (Å²) in [5, 5.41) is 0. The number of hydrogen-bond acceptors (Lipinski definition) is 6. The lowest BCUT2D eigenvalue weighted by Crippen LogP contribution is -2.08. The van der Waals surface area contributed by atoms with Crippen LogP contribution in [0.4, 0.5) is 0 Å². The Morgan fingerprint density at radius 1 is 1.19 bits per heavy atom. The summed E-state index contributed by atoms with van der Waals surface area (Å²) in [6, 6.07) is 15.0. The highest BCUT2D eigenvalue weighted by Gasteiger charge is 2.17. The molecule has 0 N–H and O–H groups in total. The fraction of sp³-hybridized carbons (Fsp3) is 0.200. The molecule has 0 atom stereocenters. The van der Waals surface area contributed by atoms with Crippen molar-refractivity contribution in [1.82, 2.24) is 4.98 Å². The molecule has 0 saturated heterocycles. The van der Waals surface area contributed by atoms with Gasteiger partial charge in [-0.15, -0.1) is 11.8 Å². The Labute approximate surface area is 156 Å². The molecule has 0 aliphatic carbocycles. The number of carbonyl (C=O) groups excluding carboxylic acids is 1. The van der Waals surface area contributed by atoms with Gasteiger partial charge in [-0.05, 0) is 43.5 Å². The largest absolute Gasteiger partial charge is 0.496 e. The van der Waals surface area contributed by atoms with Crippen molar-refractivity contribution in [2.24, 2.45) is 0 Å². The molecule has 0 aliphatic heterocycles. The van der Waals surface area contributed by atoms with Crippen LogP contribution in [0.25, 0.3) is 11.5 Å². The second-order valence-electron chi connectivity index (χ2n) is 5.53. The number of nitrogens with zero attached hydrogens (tertiary/aromatic N) is 1. The lowest BCUT2D eigenvalue weighted by molar-refractivity contribution is 0.0463. The van der Waals surface area contributed by atoms with E-state index in [4.69, 9.17) is 13.9 Å². The molecule has 2 aromatic carbocycles. The van der Waals surface area contributed by atoms with E-state index >= 15 is 0 Å². The Kier molecular flexibility index (Phi) is 5.63. The third-order valence-electron chi connectivity index (χ3n) is 3.88. The van der Waals surface area contributed by atoms with E-state index < -0.39 is 5.97 Å². The molecular formula is C20H19NO4S. The SMILES string of the molecule is COc1cc(SC)ccc1C(=O)OCc1nc(-c2ccccc2)oc1C. The summed E-state index contributed by atoms with van der Waals surface area (Å²) < 4.78 is 16.4. The molecule has 0 radical (unpaired) electrons. The predicted molar refractivity (Wildman–Crippen MR) is 101 cm³/mol. The second-order valence-corrected chi connectivity index (χ2v) is 6.41. The van der Waals surface area contributed by atoms with Gasteiger partial charge in [-0.2, -0.15) is 0 Å². The number of carbonyl (C=O) groups is 1. The van der Waals surface area contributed by atoms with E-state index in [0.717, 1.165) is 10.5 Å². The van der Waals surface area contributed by atoms with Crippen molar-refractivity contribution in [2.75, 3.05) is 13.4 Å². The van der Waals surface area contributed by atoms with Crippen molar-refractivity contribution in [2.45, 2.75) is 18.4 Å². The molecule has 0 saturated carbocycles. The second kappa shape index (κ2) is 8.10. The van der Waals surface area contributed by atoms with Gasteiger partial charge in [-0.1, -0.05) is 18.2 Å². The number of ether oxygens (including phenoxy) is 2. The Bertz CT molecular complexity index is 905. The molecule has 6 heteroatoms. The number of aryl methyl sites for hydroxylation is 1. The Morgan fingerprint density at radius 2 is 1.96 bits per heavy atom. The zero-order valence-corrected chi connectivity index (χ0v) is 15.6. The molecule has 0 amide bonds. The third-order valence-corrected chi connectivity index (χ3v) is 4.61. The summed E-state index contributed by atoms with van der Waals surface area (Å²) in [5.41, 5.74) is 1.86. The van der Waals surface area contributed by atoms with E-state index in [1.807, 2.05) is 48.7 Å². The molecule has 1 heterocycles. The van der Waals surface area contributed by atoms with Gasteiger partial charge in [0.25, 0.3) is 0 Å². The first-order chi connectivity index (χ1) is 12.6. The highest BCUT2D eigenvalue weighted by atomic mass is 32.2. The number of hydrogen-bond donors (Lipinski definition) is 0. The van der Waals surface area contributed by atoms with Crippen LogP contribution in [0.15, 0.2) is 57.8 Å². The van der Waals surface area contributed by atoms with Crippen molar-refractivity contribution in [3.63, 3.8) is 0 Å². The maximum Gasteiger partial charge on any atom is 0.342 e. The highest BCUT2D eigenvalue weighted by molar-refractivity contribution is 7.98. The zero-order chi connectivity index (χ0) is 18.5. The van der Waals surface area contributed by atoms with Crippen molar-refractivity contribution in [3.05, 3.63) is 65.5 Å². The van der Waals surface area contributed by atoms with E-state index in [-0.39, 0.29) is 6.61 Å². The first-order valence-electron chi connectivity index (χ1n) is 8.03. The number of esters is 1. The Hall–Kier alpha value is -2.73. The summed E-state index contributed by atoms with van der Waals surface area (Å²) in [6.07, 6.45) is 1.96. The standard InChI is InChI=1S/C20H19NO4S/c1-13-17(21-19(25-13)14-7-5-4-6-8-14)12-24-20(22)16-10-9-15(26-3)11-18(16)23-2/h4-11H,12H2,1-3H3. The normalized spacial score (nSPS) is 10.6. The van der Waals surface area contributed by atoms with Gasteiger partial charge in [0.1, 0.15) is 29.4 Å². The minimum atomic E-state index is -0.460. The topological polar surface area (TPSA) is 61.6 Å². The molecule has 134 valence electrons. The minimum absolute atomic E-state index is 0.0361. The number of methoxy groups -OCH3 is 1. The number of oxazole rings is 1. The predicted octanol–water partition coefficient (Wildman–Crippen LogP) is 4.74. The highest BCUT2D eigenvalue weighted by Crippen LogP contribution is 2.27. The van der Waals surface area contributed by atoms with E-state index in [2.05, 4.69) is 4.98 Å². The van der Waals surface area contributed by atoms with Crippen LogP contribution in [0.3, 0.4) is 0 Å². The number of benzene rings is 2. The molecule has 0 aliphatic rings. The van der Waals surface area contributed by atoms with E-state index in [0.29, 0.717) is 28.7 Å². The van der Waals surface area contributed by atoms with Crippen LogP contribution in [0, 0.1) is 6.92 Å². The van der Waals surface area contributed by atoms with E-state index in [1.165, 1.54) is 7.11 Å². The fourth-order valence-corrected chi connectivity index (χ4v) is 2.87. The van der Waals surface area contributed by atoms with Crippen LogP contribution >= 0.6 is 11.8 Å². The van der Waals surface area contributed by atoms with Crippen LogP contribution in [0.5, 0.6) is 5.75 Å². The van der Waals surface area contributed by atoms with Crippen molar-refractivity contribution >= 4 is 17.7 Å². The molecule has 5 nitrogen and oxygen atoms in total. The molecule has 3 aromatic rings. The fourth-order valence-electron chi connectivity index (χ4n) is 2.44. The monoisotopic (exact) mass is 369 g/mol. The summed E-state index contributed by atoms with van der Waals surface area (Å²) >= 11 is 1.58. The molecule has 26 heavy (non-hydrogen) atoms. The smallest absolute Gasteiger partial charge is 0.342 e. The van der Waals surface area contributed by atoms with Crippen LogP contribution < -0.4 is 4.74 Å². The van der Waals surface area contributed by atoms with Gasteiger partial charge in [-0.25, -0.2) is 9.78 Å². The molecule has 0 unspecified atom stereocenters. The van der Waals surface area contributed by atoms with Gasteiger partial charge < -0.3 is 13.9 Å². The molecule has 1 aromatic heterocycles. The quantitative estimate of drug-likeness (QED) is 0.462. The summed E-state index contributed by atoms with van der Waals surface area (Å²) in [4.78, 5) is 17.9. The van der Waals surface area contributed by atoms with Crippen LogP contribution in [-0.2, 0) is 11.3 Å². The van der Waals surface area contributed by atoms with Crippen molar-refractivity contribution < 1.29 is 18.7 Å². The van der Waals surface area contributed by atoms with Crippen LogP contribution in [0.1, 0.15) is 21.8 Å². The maximum absolute atomic E-state index is 12.4. The summed E-state index contributed by atoms with van der Waals surface area (Å²) in [6.45, 7) is 1.84. The number of thioether (sulfide) groups is 1. The average Bonchev–Trinajstić information content (AvgIpc) is 3.07. The minimum Gasteiger partial charge on any atom is -0.496 e. The van der Waals surface area contributed by atoms with Gasteiger partial charge in [0.2, 0.25) is 5.89 Å². The maximum atomic E-state index is 12.4. The van der Waals surface area contributed by atoms with Crippen LogP contribution in [-0.4, -0.2) is 24.3 Å². The van der Waals surface area contributed by atoms with Gasteiger partial charge in [-0.3, -0.25) is 0 Å². The Balaban J connectivity index is 1.73. The lowest BCUT2D eigenvalue weighted by atomic mass is 10.2. The van der Waals surface area contributed by atoms with Gasteiger partial charge >= 0.3 is 5.97 Å². The Morgan fingerprint density at radius 3 is 2.65 bits per heavy atom.